The van der Waals surface area contributed by atoms with Crippen molar-refractivity contribution in [2.24, 2.45) is 5.92 Å². The Balaban J connectivity index is 1.87. The van der Waals surface area contributed by atoms with Crippen molar-refractivity contribution in [3.05, 3.63) is 0 Å². The van der Waals surface area contributed by atoms with Crippen molar-refractivity contribution in [1.29, 1.82) is 0 Å². The lowest BCUT2D eigenvalue weighted by Gasteiger charge is -2.32. The zero-order valence-corrected chi connectivity index (χ0v) is 12.6. The van der Waals surface area contributed by atoms with Crippen LogP contribution in [0.3, 0.4) is 0 Å². The summed E-state index contributed by atoms with van der Waals surface area (Å²) >= 11 is 0. The molecule has 112 valence electrons. The first-order chi connectivity index (χ1) is 9.35. The van der Waals surface area contributed by atoms with Gasteiger partial charge in [0, 0.05) is 25.2 Å². The van der Waals surface area contributed by atoms with Gasteiger partial charge >= 0.3 is 0 Å². The van der Waals surface area contributed by atoms with Crippen molar-refractivity contribution in [2.45, 2.75) is 70.4 Å². The van der Waals surface area contributed by atoms with Crippen molar-refractivity contribution in [3.8, 4) is 0 Å². The van der Waals surface area contributed by atoms with E-state index in [0.29, 0.717) is 12.6 Å². The summed E-state index contributed by atoms with van der Waals surface area (Å²) in [6.07, 6.45) is 10.8. The topological polar surface area (TPSA) is 35.5 Å². The Bertz CT molecular complexity index is 243. The van der Waals surface area contributed by atoms with Crippen LogP contribution < -0.4 is 5.32 Å². The Morgan fingerprint density at radius 1 is 1.11 bits per heavy atom. The summed E-state index contributed by atoms with van der Waals surface area (Å²) in [5, 5.41) is 13.0. The van der Waals surface area contributed by atoms with Crippen LogP contribution in [0.15, 0.2) is 0 Å². The van der Waals surface area contributed by atoms with E-state index >= 15 is 0 Å². The van der Waals surface area contributed by atoms with E-state index in [1.807, 2.05) is 0 Å². The average Bonchev–Trinajstić information content (AvgIpc) is 3.24. The molecule has 19 heavy (non-hydrogen) atoms. The van der Waals surface area contributed by atoms with Crippen LogP contribution in [0, 0.1) is 5.92 Å². The van der Waals surface area contributed by atoms with Crippen LogP contribution in [0.2, 0.25) is 0 Å². The molecule has 0 heterocycles. The van der Waals surface area contributed by atoms with Gasteiger partial charge in [-0.25, -0.2) is 0 Å². The summed E-state index contributed by atoms with van der Waals surface area (Å²) in [6.45, 7) is 5.80. The number of hydrogen-bond acceptors (Lipinski definition) is 3. The highest BCUT2D eigenvalue weighted by Crippen LogP contribution is 2.30. The van der Waals surface area contributed by atoms with Crippen LogP contribution in [-0.2, 0) is 0 Å². The quantitative estimate of drug-likeness (QED) is 0.664. The average molecular weight is 268 g/mol. The third-order valence-corrected chi connectivity index (χ3v) is 4.74. The number of rotatable bonds is 8. The molecule has 2 N–H and O–H groups in total. The number of aliphatic hydroxyl groups excluding tert-OH is 1. The van der Waals surface area contributed by atoms with Crippen LogP contribution >= 0.6 is 0 Å². The van der Waals surface area contributed by atoms with Crippen LogP contribution in [0.4, 0.5) is 0 Å². The first-order valence-corrected chi connectivity index (χ1v) is 8.43. The summed E-state index contributed by atoms with van der Waals surface area (Å²) in [7, 11) is 0. The normalized spacial score (nSPS) is 28.6. The molecule has 2 atom stereocenters. The predicted octanol–water partition coefficient (Wildman–Crippen LogP) is 2.39. The van der Waals surface area contributed by atoms with E-state index in [0.717, 1.165) is 25.0 Å². The maximum atomic E-state index is 9.25. The van der Waals surface area contributed by atoms with Crippen LogP contribution in [0.25, 0.3) is 0 Å². The highest BCUT2D eigenvalue weighted by atomic mass is 16.3. The SMILES string of the molecule is CCCNC1CCCCCC1CN(CCO)C1CC1. The van der Waals surface area contributed by atoms with E-state index in [-0.39, 0.29) is 0 Å². The summed E-state index contributed by atoms with van der Waals surface area (Å²) in [6, 6.07) is 1.49. The second-order valence-electron chi connectivity index (χ2n) is 6.41. The van der Waals surface area contributed by atoms with Gasteiger partial charge in [0.15, 0.2) is 0 Å². The minimum atomic E-state index is 0.316. The van der Waals surface area contributed by atoms with Crippen molar-refractivity contribution < 1.29 is 5.11 Å². The number of nitrogens with one attached hydrogen (secondary N) is 1. The van der Waals surface area contributed by atoms with Gasteiger partial charge in [0.1, 0.15) is 0 Å². The second kappa shape index (κ2) is 8.23. The van der Waals surface area contributed by atoms with Crippen molar-refractivity contribution in [2.75, 3.05) is 26.2 Å². The van der Waals surface area contributed by atoms with Crippen LogP contribution in [0.1, 0.15) is 58.3 Å². The number of aliphatic hydroxyl groups is 1. The lowest BCUT2D eigenvalue weighted by Crippen LogP contribution is -2.43. The van der Waals surface area contributed by atoms with E-state index < -0.39 is 0 Å². The molecule has 3 nitrogen and oxygen atoms in total. The van der Waals surface area contributed by atoms with Crippen molar-refractivity contribution >= 4 is 0 Å². The maximum Gasteiger partial charge on any atom is 0.0558 e. The zero-order valence-electron chi connectivity index (χ0n) is 12.6. The smallest absolute Gasteiger partial charge is 0.0558 e. The molecule has 0 bridgehead atoms. The summed E-state index contributed by atoms with van der Waals surface area (Å²) < 4.78 is 0. The number of hydrogen-bond donors (Lipinski definition) is 2. The van der Waals surface area contributed by atoms with Gasteiger partial charge in [-0.3, -0.25) is 4.90 Å². The fraction of sp³-hybridized carbons (Fsp3) is 1.00. The van der Waals surface area contributed by atoms with E-state index in [2.05, 4.69) is 17.1 Å². The first kappa shape index (κ1) is 15.3. The molecular formula is C16H32N2O. The summed E-state index contributed by atoms with van der Waals surface area (Å²) in [5.41, 5.74) is 0. The third-order valence-electron chi connectivity index (χ3n) is 4.74. The van der Waals surface area contributed by atoms with E-state index in [1.54, 1.807) is 0 Å². The molecular weight excluding hydrogens is 236 g/mol. The molecule has 0 spiro atoms. The van der Waals surface area contributed by atoms with Gasteiger partial charge in [0.2, 0.25) is 0 Å². The van der Waals surface area contributed by atoms with E-state index in [1.165, 1.54) is 57.9 Å². The fourth-order valence-corrected chi connectivity index (χ4v) is 3.49. The van der Waals surface area contributed by atoms with Crippen LogP contribution in [0.5, 0.6) is 0 Å². The van der Waals surface area contributed by atoms with Gasteiger partial charge in [-0.2, -0.15) is 0 Å². The maximum absolute atomic E-state index is 9.25. The molecule has 0 saturated heterocycles. The predicted molar refractivity (Wildman–Crippen MR) is 80.3 cm³/mol. The van der Waals surface area contributed by atoms with Crippen molar-refractivity contribution in [3.63, 3.8) is 0 Å². The summed E-state index contributed by atoms with van der Waals surface area (Å²) in [4.78, 5) is 2.55. The van der Waals surface area contributed by atoms with Gasteiger partial charge in [-0.15, -0.1) is 0 Å². The molecule has 2 aliphatic carbocycles. The monoisotopic (exact) mass is 268 g/mol. The minimum Gasteiger partial charge on any atom is -0.395 e. The Hall–Kier alpha value is -0.120. The largest absolute Gasteiger partial charge is 0.395 e. The van der Waals surface area contributed by atoms with Gasteiger partial charge < -0.3 is 10.4 Å². The standard InChI is InChI=1S/C16H32N2O/c1-2-10-17-16-7-5-3-4-6-14(16)13-18(11-12-19)15-8-9-15/h14-17,19H,2-13H2,1H3. The molecule has 0 aliphatic heterocycles. The Labute approximate surface area is 118 Å². The first-order valence-electron chi connectivity index (χ1n) is 8.43. The highest BCUT2D eigenvalue weighted by molar-refractivity contribution is 4.89. The van der Waals surface area contributed by atoms with Crippen molar-refractivity contribution in [1.82, 2.24) is 10.2 Å². The van der Waals surface area contributed by atoms with Gasteiger partial charge in [0.25, 0.3) is 0 Å². The second-order valence-corrected chi connectivity index (χ2v) is 6.41. The molecule has 2 unspecified atom stereocenters. The molecule has 0 aromatic rings. The Kier molecular flexibility index (Phi) is 6.62. The number of nitrogens with zero attached hydrogens (tertiary/aromatic N) is 1. The van der Waals surface area contributed by atoms with Gasteiger partial charge in [0.05, 0.1) is 6.61 Å². The zero-order chi connectivity index (χ0) is 13.5. The molecule has 0 amide bonds. The molecule has 0 radical (unpaired) electrons. The third kappa shape index (κ3) is 5.05. The van der Waals surface area contributed by atoms with Gasteiger partial charge in [-0.05, 0) is 44.6 Å². The molecule has 2 saturated carbocycles. The fourth-order valence-electron chi connectivity index (χ4n) is 3.49. The molecule has 2 fully saturated rings. The summed E-state index contributed by atoms with van der Waals surface area (Å²) in [5.74, 6) is 0.793. The Morgan fingerprint density at radius 3 is 2.58 bits per heavy atom. The molecule has 0 aromatic carbocycles. The highest BCUT2D eigenvalue weighted by Gasteiger charge is 2.32. The molecule has 3 heteroatoms. The lowest BCUT2D eigenvalue weighted by molar-refractivity contribution is 0.150. The van der Waals surface area contributed by atoms with Gasteiger partial charge in [-0.1, -0.05) is 26.2 Å². The molecule has 2 rings (SSSR count). The van der Waals surface area contributed by atoms with E-state index in [4.69, 9.17) is 0 Å². The van der Waals surface area contributed by atoms with E-state index in [9.17, 15) is 5.11 Å². The molecule has 2 aliphatic rings. The minimum absolute atomic E-state index is 0.316. The molecule has 0 aromatic heterocycles. The lowest BCUT2D eigenvalue weighted by atomic mass is 9.93. The van der Waals surface area contributed by atoms with Crippen LogP contribution in [-0.4, -0.2) is 48.3 Å². The Morgan fingerprint density at radius 2 is 1.89 bits per heavy atom.